The van der Waals surface area contributed by atoms with Gasteiger partial charge in [-0.05, 0) is 39.7 Å². The second kappa shape index (κ2) is 8.09. The smallest absolute Gasteiger partial charge is 0.354 e. The Kier molecular flexibility index (Phi) is 5.88. The Morgan fingerprint density at radius 1 is 1.21 bits per heavy atom. The molecule has 0 unspecified atom stereocenters. The third kappa shape index (κ3) is 4.09. The summed E-state index contributed by atoms with van der Waals surface area (Å²) in [6, 6.07) is 13.7. The minimum absolute atomic E-state index is 0.0994. The lowest BCUT2D eigenvalue weighted by atomic mass is 10.1. The summed E-state index contributed by atoms with van der Waals surface area (Å²) in [4.78, 5) is 23.1. The van der Waals surface area contributed by atoms with E-state index < -0.39 is 5.97 Å². The Morgan fingerprint density at radius 3 is 2.50 bits per heavy atom. The van der Waals surface area contributed by atoms with Crippen LogP contribution in [0.5, 0.6) is 11.5 Å². The Bertz CT molecular complexity index is 838. The predicted octanol–water partition coefficient (Wildman–Crippen LogP) is 3.78. The molecule has 0 fully saturated rings. The van der Waals surface area contributed by atoms with E-state index in [2.05, 4.69) is 15.9 Å². The van der Waals surface area contributed by atoms with Gasteiger partial charge in [0.2, 0.25) is 0 Å². The maximum atomic E-state index is 12.3. The van der Waals surface area contributed by atoms with Crippen molar-refractivity contribution in [3.8, 4) is 17.6 Å². The number of nitriles is 1. The molecular weight excluding hydrogens is 374 g/mol. The van der Waals surface area contributed by atoms with Crippen molar-refractivity contribution in [3.63, 3.8) is 0 Å². The van der Waals surface area contributed by atoms with E-state index in [0.29, 0.717) is 21.9 Å². The van der Waals surface area contributed by atoms with Gasteiger partial charge in [0.15, 0.2) is 11.5 Å². The molecule has 2 aromatic carbocycles. The molecule has 0 N–H and O–H groups in total. The molecule has 0 amide bonds. The van der Waals surface area contributed by atoms with Crippen molar-refractivity contribution in [2.24, 2.45) is 0 Å². The lowest BCUT2D eigenvalue weighted by Crippen LogP contribution is -2.11. The van der Waals surface area contributed by atoms with E-state index in [0.717, 1.165) is 0 Å². The summed E-state index contributed by atoms with van der Waals surface area (Å²) in [5.41, 5.74) is 0.904. The Balaban J connectivity index is 2.33. The van der Waals surface area contributed by atoms with Crippen LogP contribution in [0.15, 0.2) is 52.5 Å². The topological polar surface area (TPSA) is 76.4 Å². The highest BCUT2D eigenvalue weighted by molar-refractivity contribution is 9.10. The van der Waals surface area contributed by atoms with Gasteiger partial charge in [0.1, 0.15) is 17.9 Å². The monoisotopic (exact) mass is 385 g/mol. The summed E-state index contributed by atoms with van der Waals surface area (Å²) in [6.07, 6.45) is 2.08. The molecule has 6 heteroatoms. The molecular formula is C18H12BrNO4. The number of aldehydes is 1. The molecule has 0 aliphatic heterocycles. The first kappa shape index (κ1) is 17.4. The predicted molar refractivity (Wildman–Crippen MR) is 91.7 cm³/mol. The summed E-state index contributed by atoms with van der Waals surface area (Å²) < 4.78 is 10.8. The van der Waals surface area contributed by atoms with Gasteiger partial charge >= 0.3 is 5.97 Å². The highest BCUT2D eigenvalue weighted by Crippen LogP contribution is 2.36. The number of hydrogen-bond acceptors (Lipinski definition) is 5. The third-order valence-electron chi connectivity index (χ3n) is 3.03. The van der Waals surface area contributed by atoms with Crippen LogP contribution in [0.2, 0.25) is 0 Å². The van der Waals surface area contributed by atoms with Crippen molar-refractivity contribution in [1.82, 2.24) is 0 Å². The molecule has 2 aromatic rings. The molecule has 0 aromatic heterocycles. The summed E-state index contributed by atoms with van der Waals surface area (Å²) in [5.74, 6) is -0.515. The zero-order valence-corrected chi connectivity index (χ0v) is 14.2. The fraction of sp³-hybridized carbons (Fsp3) is 0.0556. The van der Waals surface area contributed by atoms with Crippen LogP contribution >= 0.6 is 15.9 Å². The molecule has 0 atom stereocenters. The molecule has 0 heterocycles. The molecule has 0 aliphatic carbocycles. The number of halogens is 1. The molecule has 5 nitrogen and oxygen atoms in total. The van der Waals surface area contributed by atoms with Crippen molar-refractivity contribution in [1.29, 1.82) is 5.26 Å². The quantitative estimate of drug-likeness (QED) is 0.257. The van der Waals surface area contributed by atoms with E-state index >= 15 is 0 Å². The van der Waals surface area contributed by atoms with Crippen LogP contribution in [0.3, 0.4) is 0 Å². The molecule has 0 bridgehead atoms. The standard InChI is InChI=1S/C18H12BrNO4/c1-23-16-9-13(11-21)8-15(19)17(16)24-18(22)14(10-20)7-12-5-3-2-4-6-12/h2-9,11H,1H3/b14-7+. The van der Waals surface area contributed by atoms with Gasteiger partial charge in [0, 0.05) is 5.56 Å². The lowest BCUT2D eigenvalue weighted by Gasteiger charge is -2.11. The summed E-state index contributed by atoms with van der Waals surface area (Å²) in [5, 5.41) is 9.21. The number of benzene rings is 2. The lowest BCUT2D eigenvalue weighted by molar-refractivity contribution is -0.129. The highest BCUT2D eigenvalue weighted by atomic mass is 79.9. The molecule has 2 rings (SSSR count). The normalized spacial score (nSPS) is 10.6. The zero-order chi connectivity index (χ0) is 17.5. The van der Waals surface area contributed by atoms with Crippen molar-refractivity contribution in [2.75, 3.05) is 7.11 Å². The van der Waals surface area contributed by atoms with Crippen LogP contribution < -0.4 is 9.47 Å². The summed E-state index contributed by atoms with van der Waals surface area (Å²) in [6.45, 7) is 0. The van der Waals surface area contributed by atoms with Gasteiger partial charge in [-0.2, -0.15) is 5.26 Å². The average Bonchev–Trinajstić information content (AvgIpc) is 2.61. The van der Waals surface area contributed by atoms with Gasteiger partial charge in [-0.25, -0.2) is 4.79 Å². The van der Waals surface area contributed by atoms with Crippen molar-refractivity contribution in [3.05, 3.63) is 63.6 Å². The first-order valence-corrected chi connectivity index (χ1v) is 7.60. The van der Waals surface area contributed by atoms with Crippen LogP contribution in [0.4, 0.5) is 0 Å². The van der Waals surface area contributed by atoms with E-state index in [-0.39, 0.29) is 17.1 Å². The molecule has 0 spiro atoms. The fourth-order valence-electron chi connectivity index (χ4n) is 1.91. The summed E-state index contributed by atoms with van der Waals surface area (Å²) >= 11 is 3.23. The first-order chi connectivity index (χ1) is 11.6. The van der Waals surface area contributed by atoms with Gasteiger partial charge in [-0.3, -0.25) is 4.79 Å². The number of carbonyl (C=O) groups excluding carboxylic acids is 2. The van der Waals surface area contributed by atoms with Crippen LogP contribution in [0.25, 0.3) is 6.08 Å². The Labute approximate surface area is 147 Å². The first-order valence-electron chi connectivity index (χ1n) is 6.80. The number of rotatable bonds is 5. The van der Waals surface area contributed by atoms with E-state index in [1.54, 1.807) is 24.3 Å². The van der Waals surface area contributed by atoms with E-state index in [4.69, 9.17) is 9.47 Å². The van der Waals surface area contributed by atoms with Gasteiger partial charge in [-0.15, -0.1) is 0 Å². The molecule has 0 saturated heterocycles. The second-order valence-corrected chi connectivity index (χ2v) is 5.48. The van der Waals surface area contributed by atoms with E-state index in [9.17, 15) is 14.9 Å². The fourth-order valence-corrected chi connectivity index (χ4v) is 2.45. The number of nitrogens with zero attached hydrogens (tertiary/aromatic N) is 1. The Hall–Kier alpha value is -2.91. The molecule has 0 saturated carbocycles. The minimum Gasteiger partial charge on any atom is -0.493 e. The van der Waals surface area contributed by atoms with Crippen molar-refractivity contribution < 1.29 is 19.1 Å². The Morgan fingerprint density at radius 2 is 1.92 bits per heavy atom. The van der Waals surface area contributed by atoms with Crippen LogP contribution in [0.1, 0.15) is 15.9 Å². The van der Waals surface area contributed by atoms with Crippen molar-refractivity contribution in [2.45, 2.75) is 0 Å². The van der Waals surface area contributed by atoms with Crippen LogP contribution in [-0.2, 0) is 4.79 Å². The number of ether oxygens (including phenoxy) is 2. The number of hydrogen-bond donors (Lipinski definition) is 0. The average molecular weight is 386 g/mol. The van der Waals surface area contributed by atoms with Crippen LogP contribution in [-0.4, -0.2) is 19.4 Å². The van der Waals surface area contributed by atoms with E-state index in [1.165, 1.54) is 25.3 Å². The van der Waals surface area contributed by atoms with Crippen LogP contribution in [0, 0.1) is 11.3 Å². The maximum Gasteiger partial charge on any atom is 0.354 e. The SMILES string of the molecule is COc1cc(C=O)cc(Br)c1OC(=O)/C(C#N)=C/c1ccccc1. The van der Waals surface area contributed by atoms with Gasteiger partial charge < -0.3 is 9.47 Å². The largest absolute Gasteiger partial charge is 0.493 e. The summed E-state index contributed by atoms with van der Waals surface area (Å²) in [7, 11) is 1.39. The molecule has 0 aliphatic rings. The van der Waals surface area contributed by atoms with E-state index in [1.807, 2.05) is 12.1 Å². The number of esters is 1. The van der Waals surface area contributed by atoms with Gasteiger partial charge in [-0.1, -0.05) is 30.3 Å². The number of methoxy groups -OCH3 is 1. The third-order valence-corrected chi connectivity index (χ3v) is 3.62. The minimum atomic E-state index is -0.820. The second-order valence-electron chi connectivity index (χ2n) is 4.62. The highest BCUT2D eigenvalue weighted by Gasteiger charge is 2.18. The van der Waals surface area contributed by atoms with Gasteiger partial charge in [0.25, 0.3) is 0 Å². The molecule has 24 heavy (non-hydrogen) atoms. The number of carbonyl (C=O) groups is 2. The van der Waals surface area contributed by atoms with Gasteiger partial charge in [0.05, 0.1) is 11.6 Å². The molecule has 0 radical (unpaired) electrons. The van der Waals surface area contributed by atoms with Crippen molar-refractivity contribution >= 4 is 34.3 Å². The molecule has 120 valence electrons. The maximum absolute atomic E-state index is 12.3. The zero-order valence-electron chi connectivity index (χ0n) is 12.7.